The first-order valence-corrected chi connectivity index (χ1v) is 13.4. The second kappa shape index (κ2) is 12.3. The van der Waals surface area contributed by atoms with E-state index in [9.17, 15) is 0 Å². The number of amidine groups is 1. The zero-order chi connectivity index (χ0) is 27.2. The lowest BCUT2D eigenvalue weighted by Crippen LogP contribution is -2.45. The molecule has 1 saturated heterocycles. The molecule has 0 N–H and O–H groups in total. The molecule has 0 radical (unpaired) electrons. The Morgan fingerprint density at radius 1 is 1.10 bits per heavy atom. The van der Waals surface area contributed by atoms with E-state index >= 15 is 0 Å². The summed E-state index contributed by atoms with van der Waals surface area (Å²) in [6, 6.07) is 8.03. The molecule has 2 aliphatic heterocycles. The van der Waals surface area contributed by atoms with Gasteiger partial charge < -0.3 is 9.64 Å². The molecule has 39 heavy (non-hydrogen) atoms. The summed E-state index contributed by atoms with van der Waals surface area (Å²) in [5, 5.41) is 14.9. The maximum Gasteiger partial charge on any atom is 0.159 e. The van der Waals surface area contributed by atoms with Crippen LogP contribution in [-0.2, 0) is 13.6 Å². The smallest absolute Gasteiger partial charge is 0.159 e. The fourth-order valence-electron chi connectivity index (χ4n) is 4.57. The van der Waals surface area contributed by atoms with Crippen LogP contribution in [-0.4, -0.2) is 92.8 Å². The highest BCUT2D eigenvalue weighted by Gasteiger charge is 2.25. The van der Waals surface area contributed by atoms with Crippen molar-refractivity contribution in [3.05, 3.63) is 66.3 Å². The van der Waals surface area contributed by atoms with Crippen molar-refractivity contribution in [3.63, 3.8) is 0 Å². The van der Waals surface area contributed by atoms with Crippen molar-refractivity contribution in [1.29, 1.82) is 0 Å². The summed E-state index contributed by atoms with van der Waals surface area (Å²) in [6.45, 7) is 10.4. The van der Waals surface area contributed by atoms with E-state index in [4.69, 9.17) is 9.73 Å². The molecule has 1 unspecified atom stereocenters. The molecule has 0 amide bonds. The first kappa shape index (κ1) is 26.6. The van der Waals surface area contributed by atoms with Gasteiger partial charge in [0.05, 0.1) is 30.8 Å². The van der Waals surface area contributed by atoms with E-state index in [0.29, 0.717) is 24.7 Å². The number of rotatable bonds is 9. The van der Waals surface area contributed by atoms with Crippen molar-refractivity contribution in [2.24, 2.45) is 22.4 Å². The van der Waals surface area contributed by atoms with Gasteiger partial charge in [-0.2, -0.15) is 10.2 Å². The second-order valence-corrected chi connectivity index (χ2v) is 9.92. The highest BCUT2D eigenvalue weighted by atomic mass is 16.5. The summed E-state index contributed by atoms with van der Waals surface area (Å²) in [4.78, 5) is 18.8. The van der Waals surface area contributed by atoms with E-state index in [0.717, 1.165) is 60.9 Å². The van der Waals surface area contributed by atoms with Gasteiger partial charge in [-0.25, -0.2) is 20.0 Å². The summed E-state index contributed by atoms with van der Waals surface area (Å²) < 4.78 is 7.67. The minimum absolute atomic E-state index is 0.132. The third-order valence-corrected chi connectivity index (χ3v) is 6.90. The van der Waals surface area contributed by atoms with Gasteiger partial charge in [0.2, 0.25) is 0 Å². The second-order valence-electron chi connectivity index (χ2n) is 9.92. The minimum atomic E-state index is -0.132. The molecule has 3 aromatic rings. The molecular formula is C28H36N10O. The van der Waals surface area contributed by atoms with Crippen molar-refractivity contribution in [1.82, 2.24) is 34.6 Å². The van der Waals surface area contributed by atoms with E-state index in [2.05, 4.69) is 54.4 Å². The van der Waals surface area contributed by atoms with E-state index < -0.39 is 0 Å². The van der Waals surface area contributed by atoms with Crippen molar-refractivity contribution in [2.75, 3.05) is 46.4 Å². The topological polar surface area (TPSA) is 99.6 Å². The first-order chi connectivity index (χ1) is 19.0. The van der Waals surface area contributed by atoms with Crippen molar-refractivity contribution in [2.45, 2.75) is 26.4 Å². The summed E-state index contributed by atoms with van der Waals surface area (Å²) in [7, 11) is 4.06. The molecule has 1 fully saturated rings. The van der Waals surface area contributed by atoms with Crippen LogP contribution in [0, 0.1) is 0 Å². The Morgan fingerprint density at radius 2 is 1.90 bits per heavy atom. The zero-order valence-electron chi connectivity index (χ0n) is 23.1. The molecule has 11 heteroatoms. The number of piperazine rings is 1. The van der Waals surface area contributed by atoms with Crippen LogP contribution in [0.2, 0.25) is 0 Å². The average Bonchev–Trinajstić information content (AvgIpc) is 3.53. The standard InChI is InChI=1S/C28H36N10O/c1-5-26(24-16-31-36(4)20-24)32-28-21(2)33-34-38(28)19-22-7-6-8-23(15-22)27-29-17-25(18-30-27)39-14-13-37-11-9-35(3)10-12-37/h5-8,15-18,20-21H,9-14,19H2,1-4H3/b26-5-,32-28?. The maximum absolute atomic E-state index is 5.90. The Morgan fingerprint density at radius 3 is 2.62 bits per heavy atom. The number of likely N-dealkylation sites (N-methyl/N-ethyl adjacent to an activating group) is 1. The molecule has 0 aliphatic carbocycles. The number of benzene rings is 1. The van der Waals surface area contributed by atoms with Crippen LogP contribution >= 0.6 is 0 Å². The molecule has 4 heterocycles. The van der Waals surface area contributed by atoms with Gasteiger partial charge in [0.15, 0.2) is 17.4 Å². The number of aromatic nitrogens is 4. The van der Waals surface area contributed by atoms with E-state index in [1.165, 1.54) is 0 Å². The maximum atomic E-state index is 5.90. The monoisotopic (exact) mass is 528 g/mol. The number of ether oxygens (including phenoxy) is 1. The predicted molar refractivity (Wildman–Crippen MR) is 151 cm³/mol. The number of hydrogen-bond acceptors (Lipinski definition) is 9. The Bertz CT molecular complexity index is 1340. The van der Waals surface area contributed by atoms with Crippen molar-refractivity contribution < 1.29 is 4.74 Å². The number of aryl methyl sites for hydroxylation is 1. The van der Waals surface area contributed by atoms with Gasteiger partial charge in [0.25, 0.3) is 0 Å². The zero-order valence-corrected chi connectivity index (χ0v) is 23.1. The minimum Gasteiger partial charge on any atom is -0.489 e. The average molecular weight is 529 g/mol. The van der Waals surface area contributed by atoms with Gasteiger partial charge in [0.1, 0.15) is 12.6 Å². The van der Waals surface area contributed by atoms with Gasteiger partial charge in [-0.3, -0.25) is 9.58 Å². The molecule has 1 atom stereocenters. The first-order valence-electron chi connectivity index (χ1n) is 13.4. The van der Waals surface area contributed by atoms with Crippen LogP contribution in [0.5, 0.6) is 5.75 Å². The number of allylic oxidation sites excluding steroid dienone is 1. The van der Waals surface area contributed by atoms with Crippen molar-refractivity contribution >= 4 is 11.5 Å². The molecule has 1 aromatic carbocycles. The van der Waals surface area contributed by atoms with E-state index in [-0.39, 0.29) is 6.04 Å². The Hall–Kier alpha value is -3.96. The number of aliphatic imine (C=N–C) groups is 1. The largest absolute Gasteiger partial charge is 0.489 e. The lowest BCUT2D eigenvalue weighted by Gasteiger charge is -2.32. The molecule has 5 rings (SSSR count). The molecule has 2 aliphatic rings. The SMILES string of the molecule is C/C=C(\N=C1C(C)N=NN1Cc1cccc(-c2ncc(OCCN3CCN(C)CC3)cn2)c1)c1cnn(C)c1. The number of nitrogens with zero attached hydrogens (tertiary/aromatic N) is 10. The molecule has 11 nitrogen and oxygen atoms in total. The Balaban J connectivity index is 1.21. The molecular weight excluding hydrogens is 492 g/mol. The lowest BCUT2D eigenvalue weighted by atomic mass is 10.1. The van der Waals surface area contributed by atoms with Gasteiger partial charge in [-0.1, -0.05) is 29.5 Å². The van der Waals surface area contributed by atoms with Crippen LogP contribution in [0.1, 0.15) is 25.0 Å². The highest BCUT2D eigenvalue weighted by molar-refractivity contribution is 5.92. The Labute approximate surface area is 229 Å². The fourth-order valence-corrected chi connectivity index (χ4v) is 4.57. The molecule has 0 bridgehead atoms. The number of hydrogen-bond donors (Lipinski definition) is 0. The molecule has 204 valence electrons. The third kappa shape index (κ3) is 6.73. The summed E-state index contributed by atoms with van der Waals surface area (Å²) in [6.07, 6.45) is 9.23. The van der Waals surface area contributed by atoms with Gasteiger partial charge in [0, 0.05) is 57.1 Å². The predicted octanol–water partition coefficient (Wildman–Crippen LogP) is 3.53. The van der Waals surface area contributed by atoms with Gasteiger partial charge in [-0.05, 0) is 32.5 Å². The van der Waals surface area contributed by atoms with Gasteiger partial charge >= 0.3 is 0 Å². The summed E-state index contributed by atoms with van der Waals surface area (Å²) in [5.74, 6) is 2.14. The van der Waals surface area contributed by atoms with E-state index in [1.807, 2.05) is 56.5 Å². The quantitative estimate of drug-likeness (QED) is 0.419. The summed E-state index contributed by atoms with van der Waals surface area (Å²) >= 11 is 0. The Kier molecular flexibility index (Phi) is 8.38. The summed E-state index contributed by atoms with van der Waals surface area (Å²) in [5.41, 5.74) is 3.80. The van der Waals surface area contributed by atoms with Crippen LogP contribution < -0.4 is 4.74 Å². The molecule has 2 aromatic heterocycles. The van der Waals surface area contributed by atoms with Gasteiger partial charge in [-0.15, -0.1) is 0 Å². The normalized spacial score (nSPS) is 19.8. The highest BCUT2D eigenvalue weighted by Crippen LogP contribution is 2.24. The van der Waals surface area contributed by atoms with Crippen molar-refractivity contribution in [3.8, 4) is 17.1 Å². The van der Waals surface area contributed by atoms with Crippen LogP contribution in [0.25, 0.3) is 17.1 Å². The van der Waals surface area contributed by atoms with Crippen LogP contribution in [0.15, 0.2) is 70.5 Å². The fraction of sp³-hybridized carbons (Fsp3) is 0.429. The van der Waals surface area contributed by atoms with E-state index in [1.54, 1.807) is 17.1 Å². The molecule has 0 spiro atoms. The molecule has 0 saturated carbocycles. The van der Waals surface area contributed by atoms with Crippen LogP contribution in [0.4, 0.5) is 0 Å². The van der Waals surface area contributed by atoms with Crippen LogP contribution in [0.3, 0.4) is 0 Å². The third-order valence-electron chi connectivity index (χ3n) is 6.90. The lowest BCUT2D eigenvalue weighted by molar-refractivity contribution is 0.133.